The van der Waals surface area contributed by atoms with Crippen LogP contribution in [0.5, 0.6) is 0 Å². The summed E-state index contributed by atoms with van der Waals surface area (Å²) in [5.74, 6) is 0. The largest absolute Gasteiger partial charge is 0.488 e. The van der Waals surface area contributed by atoms with Crippen LogP contribution in [0.4, 0.5) is 0 Å². The molecule has 0 bridgehead atoms. The summed E-state index contributed by atoms with van der Waals surface area (Å²) >= 11 is 0. The molecule has 0 spiro atoms. The highest BCUT2D eigenvalue weighted by Gasteiger charge is 2.15. The number of aryl methyl sites for hydroxylation is 1. The SMILES string of the molecule is CCCCCCC(CCCc1ccccc1B(O)O)OC. The summed E-state index contributed by atoms with van der Waals surface area (Å²) in [5, 5.41) is 18.7. The molecule has 0 saturated heterocycles. The average molecular weight is 292 g/mol. The lowest BCUT2D eigenvalue weighted by Gasteiger charge is -2.15. The molecule has 0 fully saturated rings. The Balaban J connectivity index is 2.34. The molecule has 0 saturated carbocycles. The molecule has 0 aliphatic heterocycles. The molecule has 1 unspecified atom stereocenters. The van der Waals surface area contributed by atoms with Gasteiger partial charge in [0.1, 0.15) is 0 Å². The molecule has 0 radical (unpaired) electrons. The van der Waals surface area contributed by atoms with Crippen LogP contribution in [-0.2, 0) is 11.2 Å². The van der Waals surface area contributed by atoms with E-state index in [1.54, 1.807) is 13.2 Å². The second-order valence-electron chi connectivity index (χ2n) is 5.67. The highest BCUT2D eigenvalue weighted by molar-refractivity contribution is 6.59. The van der Waals surface area contributed by atoms with Gasteiger partial charge in [-0.2, -0.15) is 0 Å². The van der Waals surface area contributed by atoms with Gasteiger partial charge in [0.15, 0.2) is 0 Å². The van der Waals surface area contributed by atoms with Gasteiger partial charge in [-0.1, -0.05) is 56.9 Å². The van der Waals surface area contributed by atoms with Crippen LogP contribution < -0.4 is 5.46 Å². The first-order valence-corrected chi connectivity index (χ1v) is 8.15. The number of methoxy groups -OCH3 is 1. The predicted molar refractivity (Wildman–Crippen MR) is 88.8 cm³/mol. The van der Waals surface area contributed by atoms with Crippen molar-refractivity contribution in [2.75, 3.05) is 7.11 Å². The molecular formula is C17H29BO3. The van der Waals surface area contributed by atoms with Crippen molar-refractivity contribution in [1.29, 1.82) is 0 Å². The van der Waals surface area contributed by atoms with Crippen molar-refractivity contribution in [2.45, 2.75) is 64.4 Å². The highest BCUT2D eigenvalue weighted by atomic mass is 16.5. The first-order valence-electron chi connectivity index (χ1n) is 8.15. The molecule has 1 rings (SSSR count). The van der Waals surface area contributed by atoms with Gasteiger partial charge in [0.05, 0.1) is 6.10 Å². The van der Waals surface area contributed by atoms with Gasteiger partial charge in [0.25, 0.3) is 0 Å². The molecule has 1 aromatic rings. The number of benzene rings is 1. The minimum absolute atomic E-state index is 0.327. The van der Waals surface area contributed by atoms with Crippen molar-refractivity contribution in [3.8, 4) is 0 Å². The van der Waals surface area contributed by atoms with Crippen molar-refractivity contribution < 1.29 is 14.8 Å². The normalized spacial score (nSPS) is 12.4. The van der Waals surface area contributed by atoms with E-state index in [9.17, 15) is 10.0 Å². The molecule has 2 N–H and O–H groups in total. The number of hydrogen-bond donors (Lipinski definition) is 2. The van der Waals surface area contributed by atoms with Crippen LogP contribution in [0.2, 0.25) is 0 Å². The topological polar surface area (TPSA) is 49.7 Å². The lowest BCUT2D eigenvalue weighted by molar-refractivity contribution is 0.0839. The van der Waals surface area contributed by atoms with Gasteiger partial charge in [0, 0.05) is 7.11 Å². The van der Waals surface area contributed by atoms with Crippen LogP contribution in [0.1, 0.15) is 57.4 Å². The summed E-state index contributed by atoms with van der Waals surface area (Å²) in [7, 11) is 0.407. The van der Waals surface area contributed by atoms with E-state index >= 15 is 0 Å². The maximum atomic E-state index is 9.36. The maximum Gasteiger partial charge on any atom is 0.488 e. The Morgan fingerprint density at radius 3 is 2.43 bits per heavy atom. The average Bonchev–Trinajstić information content (AvgIpc) is 2.50. The fraction of sp³-hybridized carbons (Fsp3) is 0.647. The third kappa shape index (κ3) is 7.12. The Bertz CT molecular complexity index is 382. The van der Waals surface area contributed by atoms with Crippen molar-refractivity contribution in [3.63, 3.8) is 0 Å². The van der Waals surface area contributed by atoms with E-state index in [0.717, 1.165) is 31.2 Å². The lowest BCUT2D eigenvalue weighted by Crippen LogP contribution is -2.32. The van der Waals surface area contributed by atoms with Crippen molar-refractivity contribution in [1.82, 2.24) is 0 Å². The number of unbranched alkanes of at least 4 members (excludes halogenated alkanes) is 3. The number of rotatable bonds is 11. The van der Waals surface area contributed by atoms with Gasteiger partial charge < -0.3 is 14.8 Å². The lowest BCUT2D eigenvalue weighted by atomic mass is 9.76. The van der Waals surface area contributed by atoms with E-state index in [1.165, 1.54) is 25.7 Å². The third-order valence-electron chi connectivity index (χ3n) is 4.02. The van der Waals surface area contributed by atoms with Gasteiger partial charge in [-0.3, -0.25) is 0 Å². The highest BCUT2D eigenvalue weighted by Crippen LogP contribution is 2.14. The Kier molecular flexibility index (Phi) is 9.39. The summed E-state index contributed by atoms with van der Waals surface area (Å²) in [6.07, 6.45) is 9.44. The summed E-state index contributed by atoms with van der Waals surface area (Å²) in [5.41, 5.74) is 1.64. The third-order valence-corrected chi connectivity index (χ3v) is 4.02. The Morgan fingerprint density at radius 1 is 1.05 bits per heavy atom. The monoisotopic (exact) mass is 292 g/mol. The molecule has 0 aromatic heterocycles. The van der Waals surface area contributed by atoms with E-state index < -0.39 is 7.12 Å². The maximum absolute atomic E-state index is 9.36. The van der Waals surface area contributed by atoms with Gasteiger partial charge in [-0.15, -0.1) is 0 Å². The minimum atomic E-state index is -1.38. The molecule has 0 amide bonds. The minimum Gasteiger partial charge on any atom is -0.423 e. The van der Waals surface area contributed by atoms with E-state index in [1.807, 2.05) is 18.2 Å². The molecule has 0 aliphatic rings. The van der Waals surface area contributed by atoms with E-state index in [0.29, 0.717) is 11.6 Å². The molecule has 21 heavy (non-hydrogen) atoms. The number of ether oxygens (including phenoxy) is 1. The van der Waals surface area contributed by atoms with E-state index in [2.05, 4.69) is 6.92 Å². The second kappa shape index (κ2) is 10.8. The van der Waals surface area contributed by atoms with E-state index in [4.69, 9.17) is 4.74 Å². The fourth-order valence-corrected chi connectivity index (χ4v) is 2.71. The van der Waals surface area contributed by atoms with Crippen LogP contribution in [0.3, 0.4) is 0 Å². The Morgan fingerprint density at radius 2 is 1.76 bits per heavy atom. The van der Waals surface area contributed by atoms with Gasteiger partial charge >= 0.3 is 7.12 Å². The van der Waals surface area contributed by atoms with Gasteiger partial charge in [0.2, 0.25) is 0 Å². The molecule has 0 aliphatic carbocycles. The molecule has 1 aromatic carbocycles. The molecular weight excluding hydrogens is 263 g/mol. The molecule has 1 atom stereocenters. The molecule has 118 valence electrons. The summed E-state index contributed by atoms with van der Waals surface area (Å²) in [6.45, 7) is 2.22. The smallest absolute Gasteiger partial charge is 0.423 e. The Hall–Kier alpha value is -0.835. The van der Waals surface area contributed by atoms with Crippen LogP contribution in [0.15, 0.2) is 24.3 Å². The van der Waals surface area contributed by atoms with Crippen LogP contribution >= 0.6 is 0 Å². The van der Waals surface area contributed by atoms with Gasteiger partial charge in [-0.25, -0.2) is 0 Å². The van der Waals surface area contributed by atoms with Crippen LogP contribution in [-0.4, -0.2) is 30.4 Å². The molecule has 0 heterocycles. The summed E-state index contributed by atoms with van der Waals surface area (Å²) in [4.78, 5) is 0. The molecule has 4 heteroatoms. The first kappa shape index (κ1) is 18.2. The zero-order valence-corrected chi connectivity index (χ0v) is 13.4. The van der Waals surface area contributed by atoms with Crippen molar-refractivity contribution >= 4 is 12.6 Å². The van der Waals surface area contributed by atoms with E-state index in [-0.39, 0.29) is 0 Å². The second-order valence-corrected chi connectivity index (χ2v) is 5.67. The zero-order chi connectivity index (χ0) is 15.5. The fourth-order valence-electron chi connectivity index (χ4n) is 2.71. The van der Waals surface area contributed by atoms with Crippen molar-refractivity contribution in [2.24, 2.45) is 0 Å². The predicted octanol–water partition coefficient (Wildman–Crippen LogP) is 2.67. The first-order chi connectivity index (χ1) is 10.2. The molecule has 3 nitrogen and oxygen atoms in total. The zero-order valence-electron chi connectivity index (χ0n) is 13.4. The quantitative estimate of drug-likeness (QED) is 0.487. The standard InChI is InChI=1S/C17H29BO3/c1-3-4-5-6-12-16(21-2)13-9-11-15-10-7-8-14-17(15)18(19)20/h7-8,10,14,16,19-20H,3-6,9,11-13H2,1-2H3. The number of hydrogen-bond acceptors (Lipinski definition) is 3. The van der Waals surface area contributed by atoms with Crippen LogP contribution in [0, 0.1) is 0 Å². The Labute approximate surface area is 129 Å². The van der Waals surface area contributed by atoms with Crippen LogP contribution in [0.25, 0.3) is 0 Å². The van der Waals surface area contributed by atoms with Gasteiger partial charge in [-0.05, 0) is 36.7 Å². The summed E-state index contributed by atoms with van der Waals surface area (Å²) in [6, 6.07) is 7.53. The van der Waals surface area contributed by atoms with Crippen molar-refractivity contribution in [3.05, 3.63) is 29.8 Å². The summed E-state index contributed by atoms with van der Waals surface area (Å²) < 4.78 is 5.55.